The molecule has 1 aliphatic heterocycles. The van der Waals surface area contributed by atoms with Gasteiger partial charge in [-0.25, -0.2) is 13.4 Å². The molecule has 0 aliphatic carbocycles. The molecule has 21 heavy (non-hydrogen) atoms. The van der Waals surface area contributed by atoms with Crippen LogP contribution in [0.5, 0.6) is 0 Å². The first-order chi connectivity index (χ1) is 9.91. The molecule has 0 radical (unpaired) electrons. The minimum absolute atomic E-state index is 0.543. The minimum atomic E-state index is -3.07. The van der Waals surface area contributed by atoms with Crippen molar-refractivity contribution in [1.82, 2.24) is 14.6 Å². The van der Waals surface area contributed by atoms with Crippen molar-refractivity contribution in [2.24, 2.45) is 0 Å². The van der Waals surface area contributed by atoms with Crippen LogP contribution in [0.3, 0.4) is 0 Å². The third-order valence-corrected chi connectivity index (χ3v) is 6.09. The van der Waals surface area contributed by atoms with Gasteiger partial charge in [0.25, 0.3) is 0 Å². The first-order valence-corrected chi connectivity index (χ1v) is 9.95. The minimum Gasteiger partial charge on any atom is -0.345 e. The van der Waals surface area contributed by atoms with E-state index >= 15 is 0 Å². The Morgan fingerprint density at radius 3 is 2.52 bits per heavy atom. The van der Waals surface area contributed by atoms with Crippen LogP contribution < -0.4 is 10.2 Å². The molecule has 1 aromatic heterocycles. The normalized spacial score (nSPS) is 17.4. The summed E-state index contributed by atoms with van der Waals surface area (Å²) in [6.45, 7) is 8.57. The molecule has 0 bridgehead atoms. The van der Waals surface area contributed by atoms with E-state index in [2.05, 4.69) is 22.1 Å². The number of nitrogens with one attached hydrogen (secondary N) is 1. The Hall–Kier alpha value is -0.700. The molecule has 0 saturated carbocycles. The highest BCUT2D eigenvalue weighted by Gasteiger charge is 2.25. The van der Waals surface area contributed by atoms with Crippen molar-refractivity contribution in [3.63, 3.8) is 0 Å². The maximum absolute atomic E-state index is 11.5. The smallest absolute Gasteiger partial charge is 0.211 e. The zero-order valence-corrected chi connectivity index (χ0v) is 14.6. The van der Waals surface area contributed by atoms with E-state index in [0.29, 0.717) is 26.2 Å². The summed E-state index contributed by atoms with van der Waals surface area (Å²) in [7, 11) is -3.07. The van der Waals surface area contributed by atoms with Crippen molar-refractivity contribution in [1.29, 1.82) is 0 Å². The molecule has 0 spiro atoms. The zero-order chi connectivity index (χ0) is 15.5. The van der Waals surface area contributed by atoms with Gasteiger partial charge >= 0.3 is 0 Å². The molecule has 0 unspecified atom stereocenters. The quantitative estimate of drug-likeness (QED) is 0.788. The van der Waals surface area contributed by atoms with Crippen molar-refractivity contribution < 1.29 is 8.42 Å². The molecular formula is C13H24N4O2S2. The third kappa shape index (κ3) is 4.38. The van der Waals surface area contributed by atoms with E-state index in [0.717, 1.165) is 30.3 Å². The molecule has 120 valence electrons. The van der Waals surface area contributed by atoms with Gasteiger partial charge in [-0.2, -0.15) is 4.31 Å². The maximum atomic E-state index is 11.5. The molecule has 1 saturated heterocycles. The standard InChI is InChI=1S/C13H24N4O2S2/c1-4-5-14-10-12-11(2)15-13(20-12)16-6-8-17(9-7-16)21(3,18)19/h14H,4-10H2,1-3H3. The van der Waals surface area contributed by atoms with Crippen LogP contribution in [0.1, 0.15) is 23.9 Å². The summed E-state index contributed by atoms with van der Waals surface area (Å²) in [5.41, 5.74) is 1.07. The number of anilines is 1. The van der Waals surface area contributed by atoms with Crippen LogP contribution in [-0.4, -0.2) is 56.7 Å². The number of nitrogens with zero attached hydrogens (tertiary/aromatic N) is 3. The van der Waals surface area contributed by atoms with Gasteiger partial charge in [-0.3, -0.25) is 0 Å². The summed E-state index contributed by atoms with van der Waals surface area (Å²) in [5, 5.41) is 4.41. The lowest BCUT2D eigenvalue weighted by Gasteiger charge is -2.32. The zero-order valence-electron chi connectivity index (χ0n) is 12.9. The molecule has 1 N–H and O–H groups in total. The van der Waals surface area contributed by atoms with E-state index in [4.69, 9.17) is 0 Å². The second-order valence-corrected chi connectivity index (χ2v) is 8.38. The SMILES string of the molecule is CCCNCc1sc(N2CCN(S(C)(=O)=O)CC2)nc1C. The van der Waals surface area contributed by atoms with E-state index in [1.165, 1.54) is 15.4 Å². The van der Waals surface area contributed by atoms with Crippen LogP contribution in [0.25, 0.3) is 0 Å². The number of piperazine rings is 1. The molecule has 2 rings (SSSR count). The van der Waals surface area contributed by atoms with Gasteiger partial charge in [0.1, 0.15) is 0 Å². The van der Waals surface area contributed by atoms with Crippen LogP contribution in [0, 0.1) is 6.92 Å². The molecular weight excluding hydrogens is 308 g/mol. The predicted octanol–water partition coefficient (Wildman–Crippen LogP) is 1.03. The molecule has 0 amide bonds. The number of aromatic nitrogens is 1. The number of aryl methyl sites for hydroxylation is 1. The van der Waals surface area contributed by atoms with Gasteiger partial charge < -0.3 is 10.2 Å². The molecule has 2 heterocycles. The summed E-state index contributed by atoms with van der Waals surface area (Å²) in [4.78, 5) is 8.09. The lowest BCUT2D eigenvalue weighted by Crippen LogP contribution is -2.48. The van der Waals surface area contributed by atoms with Crippen LogP contribution in [0.2, 0.25) is 0 Å². The van der Waals surface area contributed by atoms with Gasteiger partial charge in [0.15, 0.2) is 5.13 Å². The topological polar surface area (TPSA) is 65.5 Å². The van der Waals surface area contributed by atoms with Gasteiger partial charge in [0.2, 0.25) is 10.0 Å². The molecule has 1 aromatic rings. The summed E-state index contributed by atoms with van der Waals surface area (Å²) in [6.07, 6.45) is 2.39. The predicted molar refractivity (Wildman–Crippen MR) is 87.5 cm³/mol. The van der Waals surface area contributed by atoms with E-state index in [-0.39, 0.29) is 0 Å². The van der Waals surface area contributed by atoms with E-state index in [1.807, 2.05) is 6.92 Å². The highest BCUT2D eigenvalue weighted by atomic mass is 32.2. The van der Waals surface area contributed by atoms with Crippen LogP contribution in [-0.2, 0) is 16.6 Å². The summed E-state index contributed by atoms with van der Waals surface area (Å²) in [5.74, 6) is 0. The highest BCUT2D eigenvalue weighted by Crippen LogP contribution is 2.27. The Labute approximate surface area is 131 Å². The number of hydrogen-bond donors (Lipinski definition) is 1. The Morgan fingerprint density at radius 1 is 1.29 bits per heavy atom. The molecule has 1 aliphatic rings. The van der Waals surface area contributed by atoms with Gasteiger partial charge in [-0.1, -0.05) is 6.92 Å². The van der Waals surface area contributed by atoms with E-state index in [9.17, 15) is 8.42 Å². The summed E-state index contributed by atoms with van der Waals surface area (Å²) >= 11 is 1.71. The van der Waals surface area contributed by atoms with Crippen molar-refractivity contribution >= 4 is 26.5 Å². The Bertz CT molecular complexity index is 563. The number of thiazole rings is 1. The second-order valence-electron chi connectivity index (χ2n) is 5.33. The fourth-order valence-corrected chi connectivity index (χ4v) is 4.21. The molecule has 0 atom stereocenters. The van der Waals surface area contributed by atoms with Gasteiger partial charge in [-0.15, -0.1) is 11.3 Å². The van der Waals surface area contributed by atoms with Crippen LogP contribution >= 0.6 is 11.3 Å². The van der Waals surface area contributed by atoms with Crippen molar-refractivity contribution in [2.45, 2.75) is 26.8 Å². The highest BCUT2D eigenvalue weighted by molar-refractivity contribution is 7.88. The van der Waals surface area contributed by atoms with E-state index in [1.54, 1.807) is 11.3 Å². The van der Waals surface area contributed by atoms with Gasteiger partial charge in [-0.05, 0) is 19.9 Å². The fraction of sp³-hybridized carbons (Fsp3) is 0.769. The molecule has 1 fully saturated rings. The largest absolute Gasteiger partial charge is 0.345 e. The molecule has 6 nitrogen and oxygen atoms in total. The monoisotopic (exact) mass is 332 g/mol. The van der Waals surface area contributed by atoms with Crippen molar-refractivity contribution in [3.05, 3.63) is 10.6 Å². The maximum Gasteiger partial charge on any atom is 0.211 e. The van der Waals surface area contributed by atoms with Gasteiger partial charge in [0.05, 0.1) is 11.9 Å². The average Bonchev–Trinajstić information content (AvgIpc) is 2.80. The fourth-order valence-electron chi connectivity index (χ4n) is 2.30. The average molecular weight is 332 g/mol. The second kappa shape index (κ2) is 7.04. The van der Waals surface area contributed by atoms with Gasteiger partial charge in [0, 0.05) is 37.6 Å². The summed E-state index contributed by atoms with van der Waals surface area (Å²) < 4.78 is 24.6. The van der Waals surface area contributed by atoms with Crippen molar-refractivity contribution in [3.8, 4) is 0 Å². The number of rotatable bonds is 6. The summed E-state index contributed by atoms with van der Waals surface area (Å²) in [6, 6.07) is 0. The third-order valence-electron chi connectivity index (χ3n) is 3.57. The lowest BCUT2D eigenvalue weighted by molar-refractivity contribution is 0.388. The first-order valence-electron chi connectivity index (χ1n) is 7.29. The number of sulfonamides is 1. The van der Waals surface area contributed by atoms with Crippen molar-refractivity contribution in [2.75, 3.05) is 43.9 Å². The van der Waals surface area contributed by atoms with Crippen LogP contribution in [0.15, 0.2) is 0 Å². The Kier molecular flexibility index (Phi) is 5.59. The van der Waals surface area contributed by atoms with E-state index < -0.39 is 10.0 Å². The molecule has 0 aromatic carbocycles. The van der Waals surface area contributed by atoms with Crippen LogP contribution in [0.4, 0.5) is 5.13 Å². The first kappa shape index (κ1) is 16.7. The number of hydrogen-bond acceptors (Lipinski definition) is 6. The Morgan fingerprint density at radius 2 is 1.95 bits per heavy atom. The lowest BCUT2D eigenvalue weighted by atomic mass is 10.4. The molecule has 8 heteroatoms. The Balaban J connectivity index is 1.96.